The minimum absolute atomic E-state index is 0.314. The molecule has 1 aromatic rings. The normalized spacial score (nSPS) is 17.4. The molecule has 1 aromatic carbocycles. The van der Waals surface area contributed by atoms with Crippen molar-refractivity contribution in [1.29, 1.82) is 0 Å². The number of hydrogen-bond donors (Lipinski definition) is 0. The summed E-state index contributed by atoms with van der Waals surface area (Å²) in [5.74, 6) is 0.366. The molecule has 16 heavy (non-hydrogen) atoms. The fourth-order valence-electron chi connectivity index (χ4n) is 1.72. The fourth-order valence-corrected chi connectivity index (χ4v) is 1.72. The summed E-state index contributed by atoms with van der Waals surface area (Å²) in [6, 6.07) is 8.18. The number of rotatable bonds is 4. The zero-order valence-electron chi connectivity index (χ0n) is 9.53. The summed E-state index contributed by atoms with van der Waals surface area (Å²) < 4.78 is 5.17. The van der Waals surface area contributed by atoms with Gasteiger partial charge in [-0.2, -0.15) is 0 Å². The average Bonchev–Trinajstić information content (AvgIpc) is 3.10. The first-order valence-electron chi connectivity index (χ1n) is 5.59. The minimum Gasteiger partial charge on any atom is -0.457 e. The summed E-state index contributed by atoms with van der Waals surface area (Å²) >= 11 is 0. The second kappa shape index (κ2) is 4.56. The van der Waals surface area contributed by atoms with E-state index in [9.17, 15) is 4.79 Å². The van der Waals surface area contributed by atoms with Gasteiger partial charge in [0.1, 0.15) is 13.9 Å². The maximum atomic E-state index is 11.3. The third kappa shape index (κ3) is 2.54. The van der Waals surface area contributed by atoms with Gasteiger partial charge in [0.2, 0.25) is 0 Å². The Labute approximate surface area is 96.6 Å². The highest BCUT2D eigenvalue weighted by molar-refractivity contribution is 6.51. The molecular formula is C13H15BO2. The van der Waals surface area contributed by atoms with E-state index in [0.29, 0.717) is 18.0 Å². The molecule has 1 atom stereocenters. The first-order chi connectivity index (χ1) is 7.68. The molecule has 0 bridgehead atoms. The van der Waals surface area contributed by atoms with Gasteiger partial charge in [-0.15, -0.1) is 0 Å². The molecule has 0 amide bonds. The maximum Gasteiger partial charge on any atom is 0.333 e. The Morgan fingerprint density at radius 2 is 2.25 bits per heavy atom. The largest absolute Gasteiger partial charge is 0.457 e. The molecule has 0 spiro atoms. The van der Waals surface area contributed by atoms with Gasteiger partial charge < -0.3 is 4.74 Å². The van der Waals surface area contributed by atoms with Crippen molar-refractivity contribution < 1.29 is 9.53 Å². The first kappa shape index (κ1) is 11.0. The molecule has 0 radical (unpaired) electrons. The van der Waals surface area contributed by atoms with Gasteiger partial charge in [-0.1, -0.05) is 37.2 Å². The SMILES string of the molecule is C=C(C)C(=O)OCc1ccccc1C1BC1. The smallest absolute Gasteiger partial charge is 0.333 e. The van der Waals surface area contributed by atoms with Crippen LogP contribution in [0.5, 0.6) is 0 Å². The van der Waals surface area contributed by atoms with Crippen molar-refractivity contribution in [2.24, 2.45) is 0 Å². The Bertz CT molecular complexity index is 422. The summed E-state index contributed by atoms with van der Waals surface area (Å²) in [6.07, 6.45) is 1.26. The van der Waals surface area contributed by atoms with Gasteiger partial charge in [0, 0.05) is 5.57 Å². The lowest BCUT2D eigenvalue weighted by Crippen LogP contribution is -2.06. The molecule has 0 aromatic heterocycles. The van der Waals surface area contributed by atoms with Crippen LogP contribution < -0.4 is 0 Å². The van der Waals surface area contributed by atoms with Gasteiger partial charge in [0.15, 0.2) is 0 Å². The summed E-state index contributed by atoms with van der Waals surface area (Å²) in [5, 5.41) is 0. The highest BCUT2D eigenvalue weighted by Crippen LogP contribution is 2.34. The monoisotopic (exact) mass is 214 g/mol. The Balaban J connectivity index is 2.03. The predicted octanol–water partition coefficient (Wildman–Crippen LogP) is 2.22. The zero-order chi connectivity index (χ0) is 11.5. The third-order valence-corrected chi connectivity index (χ3v) is 2.78. The lowest BCUT2D eigenvalue weighted by molar-refractivity contribution is -0.140. The van der Waals surface area contributed by atoms with Crippen molar-refractivity contribution in [3.05, 3.63) is 47.5 Å². The quantitative estimate of drug-likeness (QED) is 0.436. The second-order valence-corrected chi connectivity index (χ2v) is 4.33. The summed E-state index contributed by atoms with van der Waals surface area (Å²) in [6.45, 7) is 5.58. The van der Waals surface area contributed by atoms with E-state index in [-0.39, 0.29) is 5.97 Å². The highest BCUT2D eigenvalue weighted by Gasteiger charge is 2.27. The molecular weight excluding hydrogens is 199 g/mol. The molecule has 1 fully saturated rings. The van der Waals surface area contributed by atoms with Crippen LogP contribution in [0, 0.1) is 0 Å². The number of carbonyl (C=O) groups is 1. The maximum absolute atomic E-state index is 11.3. The molecule has 2 nitrogen and oxygen atoms in total. The first-order valence-corrected chi connectivity index (χ1v) is 5.59. The minimum atomic E-state index is -0.314. The lowest BCUT2D eigenvalue weighted by atomic mass is 9.93. The number of ether oxygens (including phenoxy) is 1. The highest BCUT2D eigenvalue weighted by atomic mass is 16.5. The molecule has 1 aliphatic rings. The van der Waals surface area contributed by atoms with Gasteiger partial charge in [-0.05, 0) is 23.9 Å². The molecule has 0 aliphatic carbocycles. The van der Waals surface area contributed by atoms with Gasteiger partial charge in [-0.3, -0.25) is 0 Å². The van der Waals surface area contributed by atoms with Gasteiger partial charge >= 0.3 is 5.97 Å². The van der Waals surface area contributed by atoms with Crippen LogP contribution in [0.3, 0.4) is 0 Å². The standard InChI is InChI=1S/C13H15BO2/c1-9(2)13(15)16-8-10-5-3-4-6-11(10)12-7-14-12/h3-6,12,14H,1,7-8H2,2H3. The van der Waals surface area contributed by atoms with Crippen molar-refractivity contribution in [3.8, 4) is 0 Å². The molecule has 1 heterocycles. The van der Waals surface area contributed by atoms with E-state index in [1.54, 1.807) is 6.92 Å². The number of benzene rings is 1. The number of carbonyl (C=O) groups excluding carboxylic acids is 1. The van der Waals surface area contributed by atoms with Crippen molar-refractivity contribution in [1.82, 2.24) is 0 Å². The molecule has 82 valence electrons. The van der Waals surface area contributed by atoms with Crippen LogP contribution in [0.4, 0.5) is 0 Å². The lowest BCUT2D eigenvalue weighted by Gasteiger charge is -2.09. The Hall–Kier alpha value is -1.51. The summed E-state index contributed by atoms with van der Waals surface area (Å²) in [5.41, 5.74) is 2.90. The fraction of sp³-hybridized carbons (Fsp3) is 0.308. The predicted molar refractivity (Wildman–Crippen MR) is 65.7 cm³/mol. The van der Waals surface area contributed by atoms with Crippen molar-refractivity contribution >= 4 is 13.2 Å². The van der Waals surface area contributed by atoms with Crippen LogP contribution in [-0.2, 0) is 16.1 Å². The molecule has 1 saturated heterocycles. The van der Waals surface area contributed by atoms with E-state index in [2.05, 4.69) is 12.6 Å². The van der Waals surface area contributed by atoms with Gasteiger partial charge in [0.05, 0.1) is 0 Å². The van der Waals surface area contributed by atoms with E-state index >= 15 is 0 Å². The van der Waals surface area contributed by atoms with Crippen LogP contribution >= 0.6 is 0 Å². The van der Waals surface area contributed by atoms with Gasteiger partial charge in [-0.25, -0.2) is 4.79 Å². The van der Waals surface area contributed by atoms with E-state index in [1.165, 1.54) is 19.2 Å². The Morgan fingerprint density at radius 3 is 2.88 bits per heavy atom. The van der Waals surface area contributed by atoms with Crippen LogP contribution in [0.2, 0.25) is 6.32 Å². The molecule has 2 rings (SSSR count). The molecule has 1 unspecified atom stereocenters. The van der Waals surface area contributed by atoms with Crippen LogP contribution in [0.1, 0.15) is 23.9 Å². The molecule has 3 heteroatoms. The van der Waals surface area contributed by atoms with E-state index in [0.717, 1.165) is 5.56 Å². The van der Waals surface area contributed by atoms with Crippen molar-refractivity contribution in [2.45, 2.75) is 25.7 Å². The van der Waals surface area contributed by atoms with Crippen molar-refractivity contribution in [2.75, 3.05) is 0 Å². The van der Waals surface area contributed by atoms with Crippen molar-refractivity contribution in [3.63, 3.8) is 0 Å². The summed E-state index contributed by atoms with van der Waals surface area (Å²) in [4.78, 5) is 11.3. The summed E-state index contributed by atoms with van der Waals surface area (Å²) in [7, 11) is 1.26. The Kier molecular flexibility index (Phi) is 3.13. The van der Waals surface area contributed by atoms with Crippen LogP contribution in [0.15, 0.2) is 36.4 Å². The average molecular weight is 214 g/mol. The van der Waals surface area contributed by atoms with Crippen LogP contribution in [0.25, 0.3) is 0 Å². The molecule has 0 N–H and O–H groups in total. The molecule has 1 aliphatic heterocycles. The van der Waals surface area contributed by atoms with Crippen LogP contribution in [-0.4, -0.2) is 13.2 Å². The van der Waals surface area contributed by atoms with E-state index in [4.69, 9.17) is 4.74 Å². The second-order valence-electron chi connectivity index (χ2n) is 4.33. The molecule has 0 saturated carbocycles. The zero-order valence-corrected chi connectivity index (χ0v) is 9.53. The van der Waals surface area contributed by atoms with Gasteiger partial charge in [0.25, 0.3) is 0 Å². The van der Waals surface area contributed by atoms with E-state index in [1.807, 2.05) is 18.2 Å². The number of esters is 1. The third-order valence-electron chi connectivity index (χ3n) is 2.78. The number of hydrogen-bond acceptors (Lipinski definition) is 2. The Morgan fingerprint density at radius 1 is 1.56 bits per heavy atom. The topological polar surface area (TPSA) is 26.3 Å². The van der Waals surface area contributed by atoms with E-state index < -0.39 is 0 Å².